The number of benzene rings is 2. The van der Waals surface area contributed by atoms with Crippen molar-refractivity contribution in [2.75, 3.05) is 5.32 Å². The second-order valence-electron chi connectivity index (χ2n) is 6.57. The number of hydrogen-bond acceptors (Lipinski definition) is 3. The van der Waals surface area contributed by atoms with Crippen molar-refractivity contribution in [1.29, 1.82) is 0 Å². The lowest BCUT2D eigenvalue weighted by Gasteiger charge is -2.37. The van der Waals surface area contributed by atoms with E-state index in [1.54, 1.807) is 12.1 Å². The third-order valence-electron chi connectivity index (χ3n) is 5.32. The summed E-state index contributed by atoms with van der Waals surface area (Å²) in [7, 11) is 0. The lowest BCUT2D eigenvalue weighted by Crippen LogP contribution is -2.29. The van der Waals surface area contributed by atoms with Gasteiger partial charge in [-0.3, -0.25) is 10.1 Å². The summed E-state index contributed by atoms with van der Waals surface area (Å²) in [6, 6.07) is 14.1. The third kappa shape index (κ3) is 2.30. The Morgan fingerprint density at radius 1 is 1.21 bits per heavy atom. The molecule has 4 rings (SSSR count). The highest BCUT2D eigenvalue weighted by Gasteiger charge is 2.40. The van der Waals surface area contributed by atoms with Crippen LogP contribution in [0.25, 0.3) is 0 Å². The van der Waals surface area contributed by atoms with E-state index < -0.39 is 0 Å². The maximum atomic E-state index is 11.4. The van der Waals surface area contributed by atoms with Crippen LogP contribution in [0.1, 0.15) is 42.0 Å². The predicted octanol–water partition coefficient (Wildman–Crippen LogP) is 4.98. The van der Waals surface area contributed by atoms with Gasteiger partial charge in [-0.2, -0.15) is 0 Å². The van der Waals surface area contributed by atoms with E-state index in [-0.39, 0.29) is 22.6 Å². The molecule has 0 fully saturated rings. The van der Waals surface area contributed by atoms with Crippen molar-refractivity contribution in [3.05, 3.63) is 81.4 Å². The molecule has 0 saturated carbocycles. The zero-order valence-corrected chi connectivity index (χ0v) is 13.6. The maximum Gasteiger partial charge on any atom is 0.292 e. The number of allylic oxidation sites excluding steroid dienone is 2. The first-order valence-corrected chi connectivity index (χ1v) is 8.48. The Morgan fingerprint density at radius 2 is 2.00 bits per heavy atom. The molecule has 2 aliphatic rings. The summed E-state index contributed by atoms with van der Waals surface area (Å²) in [4.78, 5) is 11.1. The highest BCUT2D eigenvalue weighted by molar-refractivity contribution is 5.71. The molecule has 0 amide bonds. The molecule has 1 aliphatic carbocycles. The molecule has 0 bridgehead atoms. The predicted molar refractivity (Wildman–Crippen MR) is 95.3 cm³/mol. The Morgan fingerprint density at radius 3 is 2.71 bits per heavy atom. The van der Waals surface area contributed by atoms with Gasteiger partial charge in [-0.25, -0.2) is 0 Å². The van der Waals surface area contributed by atoms with E-state index in [1.165, 1.54) is 11.1 Å². The number of nitrogens with one attached hydrogen (secondary N) is 1. The van der Waals surface area contributed by atoms with Crippen molar-refractivity contribution in [2.45, 2.75) is 31.7 Å². The molecule has 1 aliphatic heterocycles. The molecule has 4 heteroatoms. The van der Waals surface area contributed by atoms with E-state index in [2.05, 4.69) is 48.7 Å². The quantitative estimate of drug-likeness (QED) is 0.493. The van der Waals surface area contributed by atoms with E-state index in [1.807, 2.05) is 6.07 Å². The zero-order chi connectivity index (χ0) is 16.7. The molecule has 3 atom stereocenters. The Balaban J connectivity index is 1.79. The number of anilines is 1. The normalized spacial score (nSPS) is 24.1. The third-order valence-corrected chi connectivity index (χ3v) is 5.32. The molecular weight excluding hydrogens is 300 g/mol. The summed E-state index contributed by atoms with van der Waals surface area (Å²) in [5.41, 5.74) is 4.41. The minimum atomic E-state index is -0.290. The van der Waals surface area contributed by atoms with Crippen LogP contribution in [0.5, 0.6) is 0 Å². The standard InChI is InChI=1S/C20H20N2O2/c1-2-13-9-11-14(12-10-13)19-16-6-3-5-15(16)17-7-4-8-18(22(23)24)20(17)21-19/h3-5,7-12,15-16,19,21H,2,6H2,1H3/t15-,16+,19+/m1/s1. The zero-order valence-electron chi connectivity index (χ0n) is 13.6. The fourth-order valence-corrected chi connectivity index (χ4v) is 4.05. The van der Waals surface area contributed by atoms with E-state index in [0.29, 0.717) is 11.6 Å². The molecule has 2 aromatic rings. The number of fused-ring (bicyclic) bond motifs is 3. The number of nitro benzene ring substituents is 1. The van der Waals surface area contributed by atoms with Gasteiger partial charge >= 0.3 is 0 Å². The van der Waals surface area contributed by atoms with Gasteiger partial charge in [0.05, 0.1) is 11.0 Å². The molecule has 122 valence electrons. The molecule has 1 heterocycles. The van der Waals surface area contributed by atoms with Crippen molar-refractivity contribution in [3.63, 3.8) is 0 Å². The van der Waals surface area contributed by atoms with E-state index >= 15 is 0 Å². The number of nitrogens with zero attached hydrogens (tertiary/aromatic N) is 1. The van der Waals surface area contributed by atoms with Gasteiger partial charge in [0.25, 0.3) is 5.69 Å². The van der Waals surface area contributed by atoms with Crippen molar-refractivity contribution >= 4 is 11.4 Å². The van der Waals surface area contributed by atoms with Gasteiger partial charge in [0.2, 0.25) is 0 Å². The van der Waals surface area contributed by atoms with Crippen LogP contribution in [0, 0.1) is 16.0 Å². The number of rotatable bonds is 3. The van der Waals surface area contributed by atoms with Gasteiger partial charge in [0.15, 0.2) is 0 Å². The molecule has 1 N–H and O–H groups in total. The van der Waals surface area contributed by atoms with Crippen LogP contribution < -0.4 is 5.32 Å². The molecule has 0 spiro atoms. The number of hydrogen-bond donors (Lipinski definition) is 1. The second-order valence-corrected chi connectivity index (χ2v) is 6.57. The monoisotopic (exact) mass is 320 g/mol. The SMILES string of the molecule is CCc1ccc([C@@H]2Nc3c(cccc3[N+](=O)[O-])[C@@H]3C=CC[C@@H]32)cc1. The van der Waals surface area contributed by atoms with Gasteiger partial charge < -0.3 is 5.32 Å². The van der Waals surface area contributed by atoms with Crippen molar-refractivity contribution in [3.8, 4) is 0 Å². The minimum Gasteiger partial charge on any atom is -0.372 e. The first-order chi connectivity index (χ1) is 11.7. The summed E-state index contributed by atoms with van der Waals surface area (Å²) in [6.45, 7) is 2.14. The number of aryl methyl sites for hydroxylation is 1. The average molecular weight is 320 g/mol. The molecule has 0 unspecified atom stereocenters. The Kier molecular flexibility index (Phi) is 3.60. The van der Waals surface area contributed by atoms with Crippen LogP contribution in [0.2, 0.25) is 0 Å². The summed E-state index contributed by atoms with van der Waals surface area (Å²) in [5.74, 6) is 0.656. The Labute approximate surface area is 141 Å². The lowest BCUT2D eigenvalue weighted by atomic mass is 9.76. The fourth-order valence-electron chi connectivity index (χ4n) is 4.05. The Bertz CT molecular complexity index is 811. The molecular formula is C20H20N2O2. The van der Waals surface area contributed by atoms with Crippen LogP contribution >= 0.6 is 0 Å². The van der Waals surface area contributed by atoms with Crippen molar-refractivity contribution in [2.24, 2.45) is 5.92 Å². The van der Waals surface area contributed by atoms with Crippen molar-refractivity contribution in [1.82, 2.24) is 0 Å². The second kappa shape index (κ2) is 5.78. The van der Waals surface area contributed by atoms with Crippen LogP contribution in [-0.2, 0) is 6.42 Å². The molecule has 4 nitrogen and oxygen atoms in total. The maximum absolute atomic E-state index is 11.4. The summed E-state index contributed by atoms with van der Waals surface area (Å²) in [5, 5.41) is 14.9. The summed E-state index contributed by atoms with van der Waals surface area (Å²) >= 11 is 0. The first kappa shape index (κ1) is 14.9. The summed E-state index contributed by atoms with van der Waals surface area (Å²) < 4.78 is 0. The minimum absolute atomic E-state index is 0.101. The van der Waals surface area contributed by atoms with Gasteiger partial charge in [0.1, 0.15) is 5.69 Å². The summed E-state index contributed by atoms with van der Waals surface area (Å²) in [6.07, 6.45) is 6.43. The lowest BCUT2D eigenvalue weighted by molar-refractivity contribution is -0.384. The van der Waals surface area contributed by atoms with Gasteiger partial charge in [-0.1, -0.05) is 55.5 Å². The van der Waals surface area contributed by atoms with E-state index in [0.717, 1.165) is 18.4 Å². The van der Waals surface area contributed by atoms with E-state index in [9.17, 15) is 10.1 Å². The topological polar surface area (TPSA) is 55.2 Å². The van der Waals surface area contributed by atoms with Crippen LogP contribution in [0.15, 0.2) is 54.6 Å². The van der Waals surface area contributed by atoms with Gasteiger partial charge in [-0.15, -0.1) is 0 Å². The number of para-hydroxylation sites is 1. The van der Waals surface area contributed by atoms with Crippen LogP contribution in [-0.4, -0.2) is 4.92 Å². The Hall–Kier alpha value is -2.62. The smallest absolute Gasteiger partial charge is 0.292 e. The highest BCUT2D eigenvalue weighted by atomic mass is 16.6. The van der Waals surface area contributed by atoms with Crippen LogP contribution in [0.4, 0.5) is 11.4 Å². The molecule has 2 aromatic carbocycles. The van der Waals surface area contributed by atoms with Gasteiger partial charge in [-0.05, 0) is 35.4 Å². The average Bonchev–Trinajstić information content (AvgIpc) is 3.10. The number of nitro groups is 1. The molecule has 0 aromatic heterocycles. The largest absolute Gasteiger partial charge is 0.372 e. The van der Waals surface area contributed by atoms with Crippen molar-refractivity contribution < 1.29 is 4.92 Å². The van der Waals surface area contributed by atoms with Crippen LogP contribution in [0.3, 0.4) is 0 Å². The van der Waals surface area contributed by atoms with Gasteiger partial charge in [0, 0.05) is 12.0 Å². The molecule has 24 heavy (non-hydrogen) atoms. The first-order valence-electron chi connectivity index (χ1n) is 8.48. The van der Waals surface area contributed by atoms with E-state index in [4.69, 9.17) is 0 Å². The molecule has 0 saturated heterocycles. The highest BCUT2D eigenvalue weighted by Crippen LogP contribution is 2.51. The molecule has 0 radical (unpaired) electrons. The fraction of sp³-hybridized carbons (Fsp3) is 0.300.